The largest absolute Gasteiger partial charge is 0.466 e. The normalized spacial score (nSPS) is 15.7. The lowest BCUT2D eigenvalue weighted by Gasteiger charge is -2.26. The molecule has 0 bridgehead atoms. The SMILES string of the molecule is CCOC(=O)C[C@@H](OC(=O)CN1CCCCC1=O)c1ccccc1. The Balaban J connectivity index is 2.00. The van der Waals surface area contributed by atoms with Gasteiger partial charge >= 0.3 is 11.9 Å². The van der Waals surface area contributed by atoms with Crippen molar-refractivity contribution in [3.63, 3.8) is 0 Å². The number of amides is 1. The molecule has 0 saturated carbocycles. The summed E-state index contributed by atoms with van der Waals surface area (Å²) < 4.78 is 10.4. The number of likely N-dealkylation sites (tertiary alicyclic amines) is 1. The molecule has 130 valence electrons. The van der Waals surface area contributed by atoms with Gasteiger partial charge in [0.2, 0.25) is 5.91 Å². The van der Waals surface area contributed by atoms with E-state index in [4.69, 9.17) is 9.47 Å². The highest BCUT2D eigenvalue weighted by Crippen LogP contribution is 2.22. The lowest BCUT2D eigenvalue weighted by Crippen LogP contribution is -2.39. The first-order chi connectivity index (χ1) is 11.6. The summed E-state index contributed by atoms with van der Waals surface area (Å²) in [6.07, 6.45) is 1.47. The topological polar surface area (TPSA) is 72.9 Å². The third kappa shape index (κ3) is 5.37. The number of ether oxygens (including phenoxy) is 2. The molecule has 2 rings (SSSR count). The van der Waals surface area contributed by atoms with Crippen molar-refractivity contribution in [3.8, 4) is 0 Å². The highest BCUT2D eigenvalue weighted by molar-refractivity contribution is 5.82. The molecule has 1 saturated heterocycles. The van der Waals surface area contributed by atoms with Crippen molar-refractivity contribution >= 4 is 17.8 Å². The first-order valence-electron chi connectivity index (χ1n) is 8.28. The predicted octanol–water partition coefficient (Wildman–Crippen LogP) is 2.24. The Morgan fingerprint density at radius 1 is 1.17 bits per heavy atom. The van der Waals surface area contributed by atoms with Crippen LogP contribution >= 0.6 is 0 Å². The van der Waals surface area contributed by atoms with Gasteiger partial charge in [-0.2, -0.15) is 0 Å². The maximum absolute atomic E-state index is 12.2. The van der Waals surface area contributed by atoms with Crippen LogP contribution in [0.4, 0.5) is 0 Å². The summed E-state index contributed by atoms with van der Waals surface area (Å²) >= 11 is 0. The molecule has 1 aliphatic heterocycles. The standard InChI is InChI=1S/C18H23NO5/c1-2-23-17(21)12-15(14-8-4-3-5-9-14)24-18(22)13-19-11-7-6-10-16(19)20/h3-5,8-9,15H,2,6-7,10-13H2,1H3/t15-/m1/s1. The summed E-state index contributed by atoms with van der Waals surface area (Å²) in [6.45, 7) is 2.49. The third-order valence-electron chi connectivity index (χ3n) is 3.84. The van der Waals surface area contributed by atoms with Gasteiger partial charge in [0.05, 0.1) is 13.0 Å². The number of carbonyl (C=O) groups excluding carboxylic acids is 3. The maximum Gasteiger partial charge on any atom is 0.326 e. The molecule has 1 aliphatic rings. The molecule has 1 fully saturated rings. The fourth-order valence-corrected chi connectivity index (χ4v) is 2.65. The molecule has 1 amide bonds. The summed E-state index contributed by atoms with van der Waals surface area (Å²) in [6, 6.07) is 9.07. The molecule has 24 heavy (non-hydrogen) atoms. The van der Waals surface area contributed by atoms with Gasteiger partial charge in [-0.3, -0.25) is 14.4 Å². The number of hydrogen-bond donors (Lipinski definition) is 0. The van der Waals surface area contributed by atoms with Gasteiger partial charge in [0.1, 0.15) is 12.6 Å². The Morgan fingerprint density at radius 2 is 1.92 bits per heavy atom. The highest BCUT2D eigenvalue weighted by atomic mass is 16.6. The maximum atomic E-state index is 12.2. The summed E-state index contributed by atoms with van der Waals surface area (Å²) in [5.74, 6) is -0.962. The second-order valence-corrected chi connectivity index (χ2v) is 5.67. The first-order valence-corrected chi connectivity index (χ1v) is 8.28. The van der Waals surface area contributed by atoms with E-state index in [1.807, 2.05) is 18.2 Å². The second-order valence-electron chi connectivity index (χ2n) is 5.67. The van der Waals surface area contributed by atoms with Crippen LogP contribution in [0.1, 0.15) is 44.3 Å². The first kappa shape index (κ1) is 18.0. The third-order valence-corrected chi connectivity index (χ3v) is 3.84. The highest BCUT2D eigenvalue weighted by Gasteiger charge is 2.25. The average Bonchev–Trinajstić information content (AvgIpc) is 2.57. The van der Waals surface area contributed by atoms with E-state index < -0.39 is 18.0 Å². The van der Waals surface area contributed by atoms with Crippen LogP contribution in [-0.4, -0.2) is 42.4 Å². The van der Waals surface area contributed by atoms with Crippen LogP contribution in [0.3, 0.4) is 0 Å². The number of nitrogens with zero attached hydrogens (tertiary/aromatic N) is 1. The zero-order chi connectivity index (χ0) is 17.4. The zero-order valence-corrected chi connectivity index (χ0v) is 13.9. The van der Waals surface area contributed by atoms with Gasteiger partial charge in [0.15, 0.2) is 0 Å². The molecule has 1 atom stereocenters. The van der Waals surface area contributed by atoms with Gasteiger partial charge in [-0.15, -0.1) is 0 Å². The average molecular weight is 333 g/mol. The molecule has 1 heterocycles. The fourth-order valence-electron chi connectivity index (χ4n) is 2.65. The number of carbonyl (C=O) groups is 3. The second kappa shape index (κ2) is 9.05. The van der Waals surface area contributed by atoms with Gasteiger partial charge in [-0.1, -0.05) is 30.3 Å². The van der Waals surface area contributed by atoms with Crippen LogP contribution in [-0.2, 0) is 23.9 Å². The summed E-state index contributed by atoms with van der Waals surface area (Å²) in [5.41, 5.74) is 0.726. The molecule has 0 spiro atoms. The van der Waals surface area contributed by atoms with Crippen molar-refractivity contribution in [2.45, 2.75) is 38.7 Å². The minimum atomic E-state index is -0.711. The molecule has 0 radical (unpaired) electrons. The van der Waals surface area contributed by atoms with E-state index in [1.165, 1.54) is 4.90 Å². The van der Waals surface area contributed by atoms with Gasteiger partial charge in [-0.25, -0.2) is 0 Å². The predicted molar refractivity (Wildman–Crippen MR) is 87.0 cm³/mol. The Labute approximate surface area is 141 Å². The lowest BCUT2D eigenvalue weighted by atomic mass is 10.1. The number of piperidine rings is 1. The Hall–Kier alpha value is -2.37. The monoisotopic (exact) mass is 333 g/mol. The smallest absolute Gasteiger partial charge is 0.326 e. The molecule has 1 aromatic rings. The minimum absolute atomic E-state index is 0.0279. The molecular formula is C18H23NO5. The van der Waals surface area contributed by atoms with E-state index >= 15 is 0 Å². The van der Waals surface area contributed by atoms with E-state index in [2.05, 4.69) is 0 Å². The van der Waals surface area contributed by atoms with Crippen molar-refractivity contribution in [3.05, 3.63) is 35.9 Å². The van der Waals surface area contributed by atoms with Crippen LogP contribution in [0.2, 0.25) is 0 Å². The Bertz CT molecular complexity index is 572. The number of rotatable bonds is 7. The van der Waals surface area contributed by atoms with E-state index in [0.717, 1.165) is 18.4 Å². The summed E-state index contributed by atoms with van der Waals surface area (Å²) in [4.78, 5) is 37.3. The summed E-state index contributed by atoms with van der Waals surface area (Å²) in [5, 5.41) is 0. The molecule has 6 nitrogen and oxygen atoms in total. The molecule has 0 unspecified atom stereocenters. The van der Waals surface area contributed by atoms with Crippen molar-refractivity contribution in [1.82, 2.24) is 4.90 Å². The molecule has 0 aromatic heterocycles. The molecular weight excluding hydrogens is 310 g/mol. The van der Waals surface area contributed by atoms with E-state index in [-0.39, 0.29) is 25.5 Å². The van der Waals surface area contributed by atoms with E-state index in [0.29, 0.717) is 13.0 Å². The molecule has 1 aromatic carbocycles. The minimum Gasteiger partial charge on any atom is -0.466 e. The number of benzene rings is 1. The molecule has 0 aliphatic carbocycles. The van der Waals surface area contributed by atoms with Gasteiger partial charge in [0, 0.05) is 13.0 Å². The fraction of sp³-hybridized carbons (Fsp3) is 0.500. The van der Waals surface area contributed by atoms with Crippen molar-refractivity contribution in [2.75, 3.05) is 19.7 Å². The van der Waals surface area contributed by atoms with Crippen molar-refractivity contribution in [1.29, 1.82) is 0 Å². The molecule has 0 N–H and O–H groups in total. The van der Waals surface area contributed by atoms with Gasteiger partial charge < -0.3 is 14.4 Å². The Kier molecular flexibility index (Phi) is 6.78. The van der Waals surface area contributed by atoms with E-state index in [1.54, 1.807) is 19.1 Å². The van der Waals surface area contributed by atoms with Gasteiger partial charge in [0.25, 0.3) is 0 Å². The molecule has 6 heteroatoms. The number of esters is 2. The van der Waals surface area contributed by atoms with Crippen LogP contribution < -0.4 is 0 Å². The van der Waals surface area contributed by atoms with Crippen LogP contribution in [0.15, 0.2) is 30.3 Å². The van der Waals surface area contributed by atoms with E-state index in [9.17, 15) is 14.4 Å². The van der Waals surface area contributed by atoms with Crippen LogP contribution in [0.5, 0.6) is 0 Å². The van der Waals surface area contributed by atoms with Gasteiger partial charge in [-0.05, 0) is 25.3 Å². The zero-order valence-electron chi connectivity index (χ0n) is 13.9. The quantitative estimate of drug-likeness (QED) is 0.716. The van der Waals surface area contributed by atoms with Crippen molar-refractivity contribution < 1.29 is 23.9 Å². The van der Waals surface area contributed by atoms with Crippen LogP contribution in [0.25, 0.3) is 0 Å². The summed E-state index contributed by atoms with van der Waals surface area (Å²) in [7, 11) is 0. The lowest BCUT2D eigenvalue weighted by molar-refractivity contribution is -0.159. The van der Waals surface area contributed by atoms with Crippen LogP contribution in [0, 0.1) is 0 Å². The number of hydrogen-bond acceptors (Lipinski definition) is 5. The Morgan fingerprint density at radius 3 is 2.58 bits per heavy atom. The van der Waals surface area contributed by atoms with Crippen molar-refractivity contribution in [2.24, 2.45) is 0 Å².